The van der Waals surface area contributed by atoms with Crippen LogP contribution in [0.4, 0.5) is 5.69 Å². The van der Waals surface area contributed by atoms with Gasteiger partial charge in [0.15, 0.2) is 5.92 Å². The number of amides is 1. The van der Waals surface area contributed by atoms with E-state index in [2.05, 4.69) is 5.10 Å². The van der Waals surface area contributed by atoms with Crippen molar-refractivity contribution in [3.63, 3.8) is 0 Å². The third-order valence-corrected chi connectivity index (χ3v) is 2.63. The highest BCUT2D eigenvalue weighted by Gasteiger charge is 2.36. The number of hydrogen-bond donors (Lipinski definition) is 0. The molecule has 0 radical (unpaired) electrons. The second-order valence-electron chi connectivity index (χ2n) is 3.98. The van der Waals surface area contributed by atoms with Crippen LogP contribution in [-0.2, 0) is 14.3 Å². The summed E-state index contributed by atoms with van der Waals surface area (Å²) in [5, 5.41) is 5.18. The average Bonchev–Trinajstić information content (AvgIpc) is 2.73. The van der Waals surface area contributed by atoms with E-state index in [1.165, 1.54) is 11.2 Å². The van der Waals surface area contributed by atoms with Crippen molar-refractivity contribution in [3.8, 4) is 0 Å². The fourth-order valence-corrected chi connectivity index (χ4v) is 1.66. The first kappa shape index (κ1) is 12.3. The van der Waals surface area contributed by atoms with Gasteiger partial charge in [0.05, 0.1) is 12.3 Å². The summed E-state index contributed by atoms with van der Waals surface area (Å²) in [6.07, 6.45) is 1.32. The minimum absolute atomic E-state index is 0.251. The molecule has 18 heavy (non-hydrogen) atoms. The molecule has 0 saturated heterocycles. The molecule has 1 aliphatic rings. The maximum Gasteiger partial charge on any atom is 0.324 e. The number of nitrogens with zero attached hydrogens (tertiary/aromatic N) is 2. The number of hydrazone groups is 1. The van der Waals surface area contributed by atoms with E-state index in [1.54, 1.807) is 19.1 Å². The van der Waals surface area contributed by atoms with Crippen molar-refractivity contribution in [1.29, 1.82) is 0 Å². The summed E-state index contributed by atoms with van der Waals surface area (Å²) >= 11 is 0. The largest absolute Gasteiger partial charge is 0.465 e. The molecule has 0 spiro atoms. The molecule has 94 valence electrons. The van der Waals surface area contributed by atoms with Gasteiger partial charge in [0, 0.05) is 6.21 Å². The third kappa shape index (κ3) is 2.25. The van der Waals surface area contributed by atoms with Gasteiger partial charge in [-0.2, -0.15) is 10.1 Å². The van der Waals surface area contributed by atoms with E-state index in [4.69, 9.17) is 4.74 Å². The minimum Gasteiger partial charge on any atom is -0.465 e. The highest BCUT2D eigenvalue weighted by molar-refractivity contribution is 6.19. The topological polar surface area (TPSA) is 59.0 Å². The quantitative estimate of drug-likeness (QED) is 0.600. The van der Waals surface area contributed by atoms with Gasteiger partial charge in [0.25, 0.3) is 5.91 Å². The molecule has 0 fully saturated rings. The van der Waals surface area contributed by atoms with Crippen LogP contribution in [0.2, 0.25) is 0 Å². The summed E-state index contributed by atoms with van der Waals surface area (Å²) in [4.78, 5) is 23.5. The van der Waals surface area contributed by atoms with Gasteiger partial charge >= 0.3 is 5.97 Å². The van der Waals surface area contributed by atoms with Crippen LogP contribution in [0.25, 0.3) is 0 Å². The Bertz CT molecular complexity index is 493. The molecule has 0 aliphatic carbocycles. The van der Waals surface area contributed by atoms with Crippen LogP contribution in [-0.4, -0.2) is 24.7 Å². The van der Waals surface area contributed by atoms with E-state index in [-0.39, 0.29) is 12.5 Å². The molecule has 0 N–H and O–H groups in total. The van der Waals surface area contributed by atoms with Gasteiger partial charge in [-0.25, -0.2) is 0 Å². The Labute approximate surface area is 105 Å². The van der Waals surface area contributed by atoms with Gasteiger partial charge in [0.1, 0.15) is 0 Å². The lowest BCUT2D eigenvalue weighted by molar-refractivity contribution is -0.147. The van der Waals surface area contributed by atoms with Gasteiger partial charge in [-0.3, -0.25) is 9.59 Å². The summed E-state index contributed by atoms with van der Waals surface area (Å²) < 4.78 is 4.82. The number of carbonyl (C=O) groups is 2. The van der Waals surface area contributed by atoms with Gasteiger partial charge in [-0.05, 0) is 26.0 Å². The van der Waals surface area contributed by atoms with Gasteiger partial charge < -0.3 is 4.74 Å². The molecular formula is C13H14N2O3. The van der Waals surface area contributed by atoms with Crippen LogP contribution in [0.15, 0.2) is 29.4 Å². The van der Waals surface area contributed by atoms with Crippen molar-refractivity contribution in [2.45, 2.75) is 13.8 Å². The number of carbonyl (C=O) groups excluding carboxylic acids is 2. The van der Waals surface area contributed by atoms with E-state index < -0.39 is 11.9 Å². The number of anilines is 1. The second kappa shape index (κ2) is 5.00. The zero-order chi connectivity index (χ0) is 13.1. The number of esters is 1. The summed E-state index contributed by atoms with van der Waals surface area (Å²) in [6, 6.07) is 7.35. The standard InChI is InChI=1S/C13H14N2O3/c1-3-18-13(17)11-8-14-15(12(11)16)10-6-4-9(2)5-7-10/h4-8,11H,3H2,1-2H3. The van der Waals surface area contributed by atoms with Crippen molar-refractivity contribution in [3.05, 3.63) is 29.8 Å². The Hall–Kier alpha value is -2.17. The summed E-state index contributed by atoms with van der Waals surface area (Å²) in [5.41, 5.74) is 1.74. The Kier molecular flexibility index (Phi) is 3.41. The highest BCUT2D eigenvalue weighted by Crippen LogP contribution is 2.22. The molecule has 5 nitrogen and oxygen atoms in total. The van der Waals surface area contributed by atoms with Crippen molar-refractivity contribution in [2.24, 2.45) is 11.0 Å². The molecule has 1 aromatic carbocycles. The molecule has 1 heterocycles. The van der Waals surface area contributed by atoms with E-state index in [9.17, 15) is 9.59 Å². The van der Waals surface area contributed by atoms with Crippen molar-refractivity contribution in [1.82, 2.24) is 0 Å². The first-order valence-electron chi connectivity index (χ1n) is 5.75. The summed E-state index contributed by atoms with van der Waals surface area (Å²) in [6.45, 7) is 3.91. The lowest BCUT2D eigenvalue weighted by atomic mass is 10.1. The smallest absolute Gasteiger partial charge is 0.324 e. The van der Waals surface area contributed by atoms with E-state index in [1.807, 2.05) is 19.1 Å². The van der Waals surface area contributed by atoms with Gasteiger partial charge in [-0.1, -0.05) is 17.7 Å². The Balaban J connectivity index is 2.15. The maximum absolute atomic E-state index is 12.0. The fraction of sp³-hybridized carbons (Fsp3) is 0.308. The fourth-order valence-electron chi connectivity index (χ4n) is 1.66. The molecule has 1 aromatic rings. The molecular weight excluding hydrogens is 232 g/mol. The Morgan fingerprint density at radius 2 is 2.06 bits per heavy atom. The van der Waals surface area contributed by atoms with Gasteiger partial charge in [0.2, 0.25) is 0 Å². The van der Waals surface area contributed by atoms with Crippen LogP contribution in [0.3, 0.4) is 0 Å². The van der Waals surface area contributed by atoms with Crippen LogP contribution < -0.4 is 5.01 Å². The monoisotopic (exact) mass is 246 g/mol. The van der Waals surface area contributed by atoms with Crippen LogP contribution >= 0.6 is 0 Å². The molecule has 1 aliphatic heterocycles. The molecule has 0 bridgehead atoms. The normalized spacial score (nSPS) is 18.2. The third-order valence-electron chi connectivity index (χ3n) is 2.63. The Morgan fingerprint density at radius 1 is 1.39 bits per heavy atom. The average molecular weight is 246 g/mol. The van der Waals surface area contributed by atoms with E-state index in [0.717, 1.165) is 5.56 Å². The number of ether oxygens (including phenoxy) is 1. The Morgan fingerprint density at radius 3 is 2.67 bits per heavy atom. The molecule has 1 atom stereocenters. The molecule has 5 heteroatoms. The van der Waals surface area contributed by atoms with E-state index >= 15 is 0 Å². The number of benzene rings is 1. The van der Waals surface area contributed by atoms with E-state index in [0.29, 0.717) is 5.69 Å². The minimum atomic E-state index is -0.925. The van der Waals surface area contributed by atoms with Crippen molar-refractivity contribution >= 4 is 23.8 Å². The van der Waals surface area contributed by atoms with Crippen LogP contribution in [0.1, 0.15) is 12.5 Å². The lowest BCUT2D eigenvalue weighted by Gasteiger charge is -2.13. The summed E-state index contributed by atoms with van der Waals surface area (Å²) in [7, 11) is 0. The lowest BCUT2D eigenvalue weighted by Crippen LogP contribution is -2.32. The number of hydrogen-bond acceptors (Lipinski definition) is 4. The number of aryl methyl sites for hydroxylation is 1. The van der Waals surface area contributed by atoms with Gasteiger partial charge in [-0.15, -0.1) is 0 Å². The highest BCUT2D eigenvalue weighted by atomic mass is 16.5. The predicted octanol–water partition coefficient (Wildman–Crippen LogP) is 1.51. The van der Waals surface area contributed by atoms with Crippen molar-refractivity contribution in [2.75, 3.05) is 11.6 Å². The summed E-state index contributed by atoms with van der Waals surface area (Å²) in [5.74, 6) is -1.86. The van der Waals surface area contributed by atoms with Crippen LogP contribution in [0.5, 0.6) is 0 Å². The molecule has 1 amide bonds. The molecule has 0 aromatic heterocycles. The molecule has 0 saturated carbocycles. The number of rotatable bonds is 3. The molecule has 2 rings (SSSR count). The van der Waals surface area contributed by atoms with Crippen molar-refractivity contribution < 1.29 is 14.3 Å². The maximum atomic E-state index is 12.0. The first-order chi connectivity index (χ1) is 8.63. The SMILES string of the molecule is CCOC(=O)C1C=NN(c2ccc(C)cc2)C1=O. The zero-order valence-corrected chi connectivity index (χ0v) is 10.3. The predicted molar refractivity (Wildman–Crippen MR) is 67.3 cm³/mol. The first-order valence-corrected chi connectivity index (χ1v) is 5.75. The van der Waals surface area contributed by atoms with Crippen LogP contribution in [0, 0.1) is 12.8 Å². The zero-order valence-electron chi connectivity index (χ0n) is 10.3. The molecule has 1 unspecified atom stereocenters. The second-order valence-corrected chi connectivity index (χ2v) is 3.98.